The Bertz CT molecular complexity index is 478. The van der Waals surface area contributed by atoms with Crippen molar-refractivity contribution in [2.45, 2.75) is 51.1 Å². The van der Waals surface area contributed by atoms with Gasteiger partial charge in [0.15, 0.2) is 5.69 Å². The maximum Gasteiger partial charge on any atom is 0.356 e. The number of carboxylic acid groups (broad SMARTS) is 1. The van der Waals surface area contributed by atoms with Gasteiger partial charge in [0.05, 0.1) is 0 Å². The predicted octanol–water partition coefficient (Wildman–Crippen LogP) is 1.76. The van der Waals surface area contributed by atoms with Crippen LogP contribution < -0.4 is 0 Å². The molecule has 110 valence electrons. The summed E-state index contributed by atoms with van der Waals surface area (Å²) in [5.41, 5.74) is 0.0121. The second-order valence-electron chi connectivity index (χ2n) is 5.32. The van der Waals surface area contributed by atoms with Gasteiger partial charge in [0.2, 0.25) is 5.91 Å². The summed E-state index contributed by atoms with van der Waals surface area (Å²) >= 11 is 0. The number of aromatic nitrogens is 2. The van der Waals surface area contributed by atoms with Crippen LogP contribution in [0.2, 0.25) is 0 Å². The number of hydrogen-bond donors (Lipinski definition) is 1. The van der Waals surface area contributed by atoms with E-state index in [1.165, 1.54) is 30.0 Å². The lowest BCUT2D eigenvalue weighted by atomic mass is 9.94. The molecule has 1 N–H and O–H groups in total. The molecule has 20 heavy (non-hydrogen) atoms. The lowest BCUT2D eigenvalue weighted by molar-refractivity contribution is -0.132. The van der Waals surface area contributed by atoms with Crippen molar-refractivity contribution in [2.24, 2.45) is 0 Å². The molecule has 0 radical (unpaired) electrons. The molecule has 0 bridgehead atoms. The van der Waals surface area contributed by atoms with Gasteiger partial charge in [-0.3, -0.25) is 9.48 Å². The molecule has 0 aliphatic heterocycles. The molecular weight excluding hydrogens is 258 g/mol. The number of hydrogen-bond acceptors (Lipinski definition) is 3. The first-order chi connectivity index (χ1) is 9.58. The third-order valence-electron chi connectivity index (χ3n) is 3.93. The summed E-state index contributed by atoms with van der Waals surface area (Å²) in [6, 6.07) is 1.81. The fourth-order valence-corrected chi connectivity index (χ4v) is 2.66. The first-order valence-corrected chi connectivity index (χ1v) is 7.10. The van der Waals surface area contributed by atoms with Gasteiger partial charge >= 0.3 is 5.97 Å². The summed E-state index contributed by atoms with van der Waals surface area (Å²) in [6.45, 7) is 0.420. The molecule has 0 aromatic carbocycles. The van der Waals surface area contributed by atoms with Gasteiger partial charge in [-0.25, -0.2) is 4.79 Å². The van der Waals surface area contributed by atoms with Crippen LogP contribution in [0.4, 0.5) is 0 Å². The van der Waals surface area contributed by atoms with E-state index in [1.807, 2.05) is 11.9 Å². The summed E-state index contributed by atoms with van der Waals surface area (Å²) in [4.78, 5) is 24.7. The Morgan fingerprint density at radius 3 is 2.70 bits per heavy atom. The molecule has 6 heteroatoms. The predicted molar refractivity (Wildman–Crippen MR) is 73.4 cm³/mol. The third-order valence-corrected chi connectivity index (χ3v) is 3.93. The number of carbonyl (C=O) groups excluding carboxylic acids is 1. The van der Waals surface area contributed by atoms with E-state index in [9.17, 15) is 9.59 Å². The van der Waals surface area contributed by atoms with E-state index in [0.717, 1.165) is 12.8 Å². The average molecular weight is 279 g/mol. The van der Waals surface area contributed by atoms with Crippen molar-refractivity contribution in [1.29, 1.82) is 0 Å². The van der Waals surface area contributed by atoms with E-state index in [4.69, 9.17) is 5.11 Å². The van der Waals surface area contributed by atoms with Crippen LogP contribution in [0.25, 0.3) is 0 Å². The SMILES string of the molecule is CN(C(=O)CCn1ccc(C(=O)O)n1)C1CCCCC1. The summed E-state index contributed by atoms with van der Waals surface area (Å²) in [7, 11) is 1.87. The molecule has 0 atom stereocenters. The second kappa shape index (κ2) is 6.54. The minimum Gasteiger partial charge on any atom is -0.476 e. The van der Waals surface area contributed by atoms with Crippen LogP contribution in [0.3, 0.4) is 0 Å². The van der Waals surface area contributed by atoms with Crippen molar-refractivity contribution in [3.8, 4) is 0 Å². The molecule has 1 amide bonds. The molecule has 1 saturated carbocycles. The number of carboxylic acids is 1. The van der Waals surface area contributed by atoms with E-state index < -0.39 is 5.97 Å². The number of nitrogens with zero attached hydrogens (tertiary/aromatic N) is 3. The molecule has 1 aromatic heterocycles. The molecule has 1 aliphatic carbocycles. The highest BCUT2D eigenvalue weighted by atomic mass is 16.4. The van der Waals surface area contributed by atoms with Crippen molar-refractivity contribution in [3.63, 3.8) is 0 Å². The smallest absolute Gasteiger partial charge is 0.356 e. The van der Waals surface area contributed by atoms with Crippen LogP contribution in [0.15, 0.2) is 12.3 Å². The summed E-state index contributed by atoms with van der Waals surface area (Å²) in [6.07, 6.45) is 7.79. The Kier molecular flexibility index (Phi) is 4.76. The van der Waals surface area contributed by atoms with E-state index in [1.54, 1.807) is 6.20 Å². The van der Waals surface area contributed by atoms with Gasteiger partial charge in [-0.15, -0.1) is 0 Å². The molecular formula is C14H21N3O3. The normalized spacial score (nSPS) is 16.1. The van der Waals surface area contributed by atoms with Crippen molar-refractivity contribution < 1.29 is 14.7 Å². The van der Waals surface area contributed by atoms with Gasteiger partial charge < -0.3 is 10.0 Å². The van der Waals surface area contributed by atoms with Gasteiger partial charge in [0.1, 0.15) is 0 Å². The lowest BCUT2D eigenvalue weighted by Gasteiger charge is -2.31. The molecule has 1 aromatic rings. The van der Waals surface area contributed by atoms with Gasteiger partial charge in [-0.1, -0.05) is 19.3 Å². The second-order valence-corrected chi connectivity index (χ2v) is 5.32. The van der Waals surface area contributed by atoms with E-state index in [2.05, 4.69) is 5.10 Å². The Morgan fingerprint density at radius 2 is 2.10 bits per heavy atom. The van der Waals surface area contributed by atoms with Crippen LogP contribution in [0.5, 0.6) is 0 Å². The first kappa shape index (κ1) is 14.6. The number of carbonyl (C=O) groups is 2. The Balaban J connectivity index is 1.82. The fourth-order valence-electron chi connectivity index (χ4n) is 2.66. The van der Waals surface area contributed by atoms with Crippen LogP contribution >= 0.6 is 0 Å². The number of rotatable bonds is 5. The molecule has 0 saturated heterocycles. The standard InChI is InChI=1S/C14H21N3O3/c1-16(11-5-3-2-4-6-11)13(18)8-10-17-9-7-12(15-17)14(19)20/h7,9,11H,2-6,8,10H2,1H3,(H,19,20). The highest BCUT2D eigenvalue weighted by molar-refractivity contribution is 5.85. The van der Waals surface area contributed by atoms with Crippen molar-refractivity contribution in [3.05, 3.63) is 18.0 Å². The average Bonchev–Trinajstić information content (AvgIpc) is 2.94. The zero-order valence-corrected chi connectivity index (χ0v) is 11.8. The van der Waals surface area contributed by atoms with Gasteiger partial charge in [-0.2, -0.15) is 5.10 Å². The van der Waals surface area contributed by atoms with Crippen LogP contribution in [0, 0.1) is 0 Å². The molecule has 6 nitrogen and oxygen atoms in total. The van der Waals surface area contributed by atoms with E-state index in [-0.39, 0.29) is 11.6 Å². The maximum absolute atomic E-state index is 12.1. The van der Waals surface area contributed by atoms with Crippen LogP contribution in [-0.4, -0.2) is 44.8 Å². The largest absolute Gasteiger partial charge is 0.476 e. The number of aryl methyl sites for hydroxylation is 1. The molecule has 0 spiro atoms. The zero-order valence-electron chi connectivity index (χ0n) is 11.8. The summed E-state index contributed by atoms with van der Waals surface area (Å²) in [5.74, 6) is -0.946. The van der Waals surface area contributed by atoms with Gasteiger partial charge in [0.25, 0.3) is 0 Å². The van der Waals surface area contributed by atoms with E-state index >= 15 is 0 Å². The molecule has 1 aliphatic rings. The lowest BCUT2D eigenvalue weighted by Crippen LogP contribution is -2.38. The van der Waals surface area contributed by atoms with Gasteiger partial charge in [-0.05, 0) is 18.9 Å². The monoisotopic (exact) mass is 279 g/mol. The van der Waals surface area contributed by atoms with Gasteiger partial charge in [0, 0.05) is 32.3 Å². The van der Waals surface area contributed by atoms with Crippen molar-refractivity contribution >= 4 is 11.9 Å². The third kappa shape index (κ3) is 3.59. The Labute approximate surface area is 118 Å². The maximum atomic E-state index is 12.1. The Morgan fingerprint density at radius 1 is 1.40 bits per heavy atom. The minimum absolute atomic E-state index is 0.0121. The van der Waals surface area contributed by atoms with Crippen LogP contribution in [-0.2, 0) is 11.3 Å². The topological polar surface area (TPSA) is 75.4 Å². The van der Waals surface area contributed by atoms with Crippen molar-refractivity contribution in [1.82, 2.24) is 14.7 Å². The zero-order chi connectivity index (χ0) is 14.5. The molecule has 0 unspecified atom stereocenters. The van der Waals surface area contributed by atoms with E-state index in [0.29, 0.717) is 19.0 Å². The molecule has 2 rings (SSSR count). The number of aromatic carboxylic acids is 1. The highest BCUT2D eigenvalue weighted by Crippen LogP contribution is 2.22. The summed E-state index contributed by atoms with van der Waals surface area (Å²) in [5, 5.41) is 12.7. The first-order valence-electron chi connectivity index (χ1n) is 7.10. The molecule has 1 fully saturated rings. The molecule has 1 heterocycles. The highest BCUT2D eigenvalue weighted by Gasteiger charge is 2.21. The minimum atomic E-state index is -1.05. The van der Waals surface area contributed by atoms with Crippen molar-refractivity contribution in [2.75, 3.05) is 7.05 Å². The fraction of sp³-hybridized carbons (Fsp3) is 0.643. The number of amides is 1. The summed E-state index contributed by atoms with van der Waals surface area (Å²) < 4.78 is 1.51. The quantitative estimate of drug-likeness (QED) is 0.891. The Hall–Kier alpha value is -1.85. The van der Waals surface area contributed by atoms with Crippen LogP contribution in [0.1, 0.15) is 49.0 Å².